The molecule has 0 spiro atoms. The monoisotopic (exact) mass is 274 g/mol. The maximum atomic E-state index is 11.8. The number of carbonyl (C=O) groups is 1. The van der Waals surface area contributed by atoms with Crippen molar-refractivity contribution in [2.45, 2.75) is 19.4 Å². The third-order valence-corrected chi connectivity index (χ3v) is 5.94. The van der Waals surface area contributed by atoms with Gasteiger partial charge in [-0.3, -0.25) is 9.69 Å². The molecule has 1 amide bonds. The van der Waals surface area contributed by atoms with Crippen molar-refractivity contribution < 1.29 is 4.79 Å². The minimum absolute atomic E-state index is 0.230. The molecule has 2 fully saturated rings. The summed E-state index contributed by atoms with van der Waals surface area (Å²) in [5.41, 5.74) is 0. The van der Waals surface area contributed by atoms with Gasteiger partial charge in [0, 0.05) is 42.1 Å². The van der Waals surface area contributed by atoms with Crippen LogP contribution in [0.3, 0.4) is 0 Å². The number of nitrogens with one attached hydrogen (secondary N) is 1. The Morgan fingerprint density at radius 2 is 2.06 bits per heavy atom. The maximum absolute atomic E-state index is 11.8. The van der Waals surface area contributed by atoms with Gasteiger partial charge in [-0.15, -0.1) is 0 Å². The molecule has 1 N–H and O–H groups in total. The molecule has 0 aromatic carbocycles. The van der Waals surface area contributed by atoms with E-state index in [1.54, 1.807) is 0 Å². The smallest absolute Gasteiger partial charge is 0.224 e. The van der Waals surface area contributed by atoms with Gasteiger partial charge in [0.05, 0.1) is 5.92 Å². The van der Waals surface area contributed by atoms with Crippen molar-refractivity contribution in [3.05, 3.63) is 0 Å². The highest BCUT2D eigenvalue weighted by Gasteiger charge is 2.32. The molecule has 0 bridgehead atoms. The molecule has 2 aliphatic rings. The van der Waals surface area contributed by atoms with Crippen LogP contribution >= 0.6 is 23.5 Å². The van der Waals surface area contributed by atoms with E-state index >= 15 is 0 Å². The summed E-state index contributed by atoms with van der Waals surface area (Å²) in [7, 11) is 0. The second-order valence-corrected chi connectivity index (χ2v) is 6.98. The molecule has 0 aromatic rings. The van der Waals surface area contributed by atoms with Gasteiger partial charge in [-0.05, 0) is 19.9 Å². The number of hydrogen-bond acceptors (Lipinski definition) is 4. The molecule has 2 aliphatic heterocycles. The Kier molecular flexibility index (Phi) is 5.50. The lowest BCUT2D eigenvalue weighted by atomic mass is 10.1. The van der Waals surface area contributed by atoms with E-state index in [-0.39, 0.29) is 11.8 Å². The van der Waals surface area contributed by atoms with Gasteiger partial charge < -0.3 is 5.32 Å². The third-order valence-electron chi connectivity index (χ3n) is 3.45. The zero-order valence-electron chi connectivity index (χ0n) is 10.5. The van der Waals surface area contributed by atoms with Crippen LogP contribution in [0.25, 0.3) is 0 Å². The molecule has 0 aliphatic carbocycles. The number of hydrogen-bond donors (Lipinski definition) is 1. The fourth-order valence-electron chi connectivity index (χ4n) is 2.47. The summed E-state index contributed by atoms with van der Waals surface area (Å²) in [6.07, 6.45) is 1.04. The molecule has 3 nitrogen and oxygen atoms in total. The van der Waals surface area contributed by atoms with E-state index in [1.807, 2.05) is 6.92 Å². The predicted molar refractivity (Wildman–Crippen MR) is 76.8 cm³/mol. The Labute approximate surface area is 112 Å². The summed E-state index contributed by atoms with van der Waals surface area (Å²) in [6.45, 7) is 4.82. The van der Waals surface area contributed by atoms with E-state index < -0.39 is 0 Å². The Balaban J connectivity index is 1.81. The Bertz CT molecular complexity index is 255. The van der Waals surface area contributed by atoms with Gasteiger partial charge in [-0.25, -0.2) is 0 Å². The highest BCUT2D eigenvalue weighted by atomic mass is 32.2. The Hall–Kier alpha value is 0.130. The molecule has 5 heteroatoms. The first-order valence-corrected chi connectivity index (χ1v) is 8.79. The molecule has 0 radical (unpaired) electrons. The van der Waals surface area contributed by atoms with Gasteiger partial charge in [0.15, 0.2) is 0 Å². The van der Waals surface area contributed by atoms with Crippen LogP contribution in [-0.2, 0) is 4.79 Å². The number of rotatable bonds is 3. The van der Waals surface area contributed by atoms with Gasteiger partial charge in [-0.1, -0.05) is 0 Å². The standard InChI is InChI=1S/C12H22N2OS2/c1-2-13-12(15)10-3-4-14(7-10)11-8-16-5-6-17-9-11/h10-11H,2-9H2,1H3,(H,13,15)/t10-/m1/s1. The molecular formula is C12H22N2OS2. The molecule has 0 saturated carbocycles. The molecular weight excluding hydrogens is 252 g/mol. The quantitative estimate of drug-likeness (QED) is 0.841. The van der Waals surface area contributed by atoms with Crippen molar-refractivity contribution in [2.75, 3.05) is 42.6 Å². The van der Waals surface area contributed by atoms with E-state index in [0.29, 0.717) is 6.04 Å². The summed E-state index contributed by atoms with van der Waals surface area (Å²) in [4.78, 5) is 14.3. The maximum Gasteiger partial charge on any atom is 0.224 e. The molecule has 98 valence electrons. The van der Waals surface area contributed by atoms with Crippen LogP contribution in [0.1, 0.15) is 13.3 Å². The fourth-order valence-corrected chi connectivity index (χ4v) is 5.09. The van der Waals surface area contributed by atoms with E-state index in [0.717, 1.165) is 26.1 Å². The summed E-state index contributed by atoms with van der Waals surface area (Å²) >= 11 is 4.14. The first-order valence-electron chi connectivity index (χ1n) is 6.48. The number of carbonyl (C=O) groups excluding carboxylic acids is 1. The second kappa shape index (κ2) is 6.90. The summed E-state index contributed by atoms with van der Waals surface area (Å²) in [5, 5.41) is 2.95. The van der Waals surface area contributed by atoms with Crippen LogP contribution in [0.15, 0.2) is 0 Å². The molecule has 1 atom stereocenters. The van der Waals surface area contributed by atoms with Crippen molar-refractivity contribution >= 4 is 29.4 Å². The highest BCUT2D eigenvalue weighted by molar-refractivity contribution is 8.03. The molecule has 0 unspecified atom stereocenters. The fraction of sp³-hybridized carbons (Fsp3) is 0.917. The van der Waals surface area contributed by atoms with Crippen LogP contribution in [0.2, 0.25) is 0 Å². The first-order chi connectivity index (χ1) is 8.31. The lowest BCUT2D eigenvalue weighted by Gasteiger charge is -2.25. The van der Waals surface area contributed by atoms with Gasteiger partial charge in [0.2, 0.25) is 5.91 Å². The van der Waals surface area contributed by atoms with Crippen LogP contribution in [0.4, 0.5) is 0 Å². The number of nitrogens with zero attached hydrogens (tertiary/aromatic N) is 1. The Morgan fingerprint density at radius 3 is 2.71 bits per heavy atom. The largest absolute Gasteiger partial charge is 0.356 e. The summed E-state index contributed by atoms with van der Waals surface area (Å²) < 4.78 is 0. The number of amides is 1. The normalized spacial score (nSPS) is 27.9. The number of thioether (sulfide) groups is 2. The average molecular weight is 274 g/mol. The van der Waals surface area contributed by atoms with Gasteiger partial charge in [0.1, 0.15) is 0 Å². The minimum atomic E-state index is 0.230. The van der Waals surface area contributed by atoms with E-state index in [4.69, 9.17) is 0 Å². The third kappa shape index (κ3) is 3.80. The van der Waals surface area contributed by atoms with Crippen LogP contribution in [0.5, 0.6) is 0 Å². The summed E-state index contributed by atoms with van der Waals surface area (Å²) in [6, 6.07) is 0.687. The predicted octanol–water partition coefficient (Wildman–Crippen LogP) is 1.29. The molecule has 17 heavy (non-hydrogen) atoms. The zero-order chi connectivity index (χ0) is 12.1. The van der Waals surface area contributed by atoms with Crippen molar-refractivity contribution in [3.63, 3.8) is 0 Å². The van der Waals surface area contributed by atoms with E-state index in [2.05, 4.69) is 33.7 Å². The second-order valence-electron chi connectivity index (χ2n) is 4.68. The van der Waals surface area contributed by atoms with Gasteiger partial charge in [-0.2, -0.15) is 23.5 Å². The topological polar surface area (TPSA) is 32.3 Å². The first kappa shape index (κ1) is 13.6. The summed E-state index contributed by atoms with van der Waals surface area (Å²) in [5.74, 6) is 5.55. The highest BCUT2D eigenvalue weighted by Crippen LogP contribution is 2.25. The van der Waals surface area contributed by atoms with Crippen molar-refractivity contribution in [1.29, 1.82) is 0 Å². The van der Waals surface area contributed by atoms with Crippen molar-refractivity contribution in [3.8, 4) is 0 Å². The van der Waals surface area contributed by atoms with Gasteiger partial charge in [0.25, 0.3) is 0 Å². The molecule has 2 heterocycles. The molecule has 0 aromatic heterocycles. The van der Waals surface area contributed by atoms with Crippen molar-refractivity contribution in [1.82, 2.24) is 10.2 Å². The Morgan fingerprint density at radius 1 is 1.35 bits per heavy atom. The average Bonchev–Trinajstić information content (AvgIpc) is 2.66. The molecule has 2 rings (SSSR count). The van der Waals surface area contributed by atoms with Crippen LogP contribution in [-0.4, -0.2) is 59.5 Å². The zero-order valence-corrected chi connectivity index (χ0v) is 12.1. The van der Waals surface area contributed by atoms with E-state index in [1.165, 1.54) is 23.0 Å². The lowest BCUT2D eigenvalue weighted by Crippen LogP contribution is -2.39. The van der Waals surface area contributed by atoms with Gasteiger partial charge >= 0.3 is 0 Å². The molecule has 2 saturated heterocycles. The van der Waals surface area contributed by atoms with Crippen molar-refractivity contribution in [2.24, 2.45) is 5.92 Å². The SMILES string of the molecule is CCNC(=O)[C@@H]1CCN(C2CSCCSC2)C1. The lowest BCUT2D eigenvalue weighted by molar-refractivity contribution is -0.124. The van der Waals surface area contributed by atoms with Crippen LogP contribution < -0.4 is 5.32 Å². The van der Waals surface area contributed by atoms with Crippen LogP contribution in [0, 0.1) is 5.92 Å². The minimum Gasteiger partial charge on any atom is -0.356 e. The van der Waals surface area contributed by atoms with E-state index in [9.17, 15) is 4.79 Å². The number of likely N-dealkylation sites (tertiary alicyclic amines) is 1.